The van der Waals surface area contributed by atoms with E-state index in [1.54, 1.807) is 0 Å². The normalized spacial score (nSPS) is 22.0. The zero-order valence-electron chi connectivity index (χ0n) is 19.0. The van der Waals surface area contributed by atoms with E-state index in [4.69, 9.17) is 5.10 Å². The predicted octanol–water partition coefficient (Wildman–Crippen LogP) is 6.42. The van der Waals surface area contributed by atoms with E-state index in [0.717, 1.165) is 35.2 Å². The Bertz CT molecular complexity index is 1080. The minimum Gasteiger partial charge on any atom is -0.267 e. The number of fused-ring (bicyclic) bond motifs is 3. The number of hydrogen-bond donors (Lipinski definition) is 1. The minimum atomic E-state index is -0.215. The number of rotatable bonds is 7. The van der Waals surface area contributed by atoms with E-state index in [-0.39, 0.29) is 5.82 Å². The van der Waals surface area contributed by atoms with Gasteiger partial charge in [-0.3, -0.25) is 9.40 Å². The fourth-order valence-electron chi connectivity index (χ4n) is 5.43. The third kappa shape index (κ3) is 4.38. The molecule has 2 bridgehead atoms. The number of halogens is 1. The molecule has 2 aromatic carbocycles. The molecular weight excluding hydrogens is 417 g/mol. The molecule has 3 aromatic rings. The van der Waals surface area contributed by atoms with Crippen LogP contribution in [0, 0.1) is 17.7 Å². The second-order valence-corrected chi connectivity index (χ2v) is 10.3. The predicted molar refractivity (Wildman–Crippen MR) is 132 cm³/mol. The van der Waals surface area contributed by atoms with Crippen LogP contribution in [0.2, 0.25) is 0 Å². The highest BCUT2D eigenvalue weighted by Crippen LogP contribution is 2.41. The summed E-state index contributed by atoms with van der Waals surface area (Å²) in [5, 5.41) is 4.78. The molecule has 1 heterocycles. The first-order chi connectivity index (χ1) is 15.6. The van der Waals surface area contributed by atoms with E-state index in [1.165, 1.54) is 66.7 Å². The maximum absolute atomic E-state index is 13.3. The van der Waals surface area contributed by atoms with Crippen molar-refractivity contribution in [2.24, 2.45) is 18.9 Å². The van der Waals surface area contributed by atoms with Crippen LogP contribution < -0.4 is 4.72 Å². The molecule has 2 aliphatic carbocycles. The van der Waals surface area contributed by atoms with Gasteiger partial charge in [0.25, 0.3) is 0 Å². The van der Waals surface area contributed by atoms with Crippen molar-refractivity contribution >= 4 is 11.9 Å². The number of hydrogen-bond acceptors (Lipinski definition) is 3. The number of nitrogens with zero attached hydrogens (tertiary/aromatic N) is 2. The van der Waals surface area contributed by atoms with Crippen LogP contribution >= 0.6 is 11.9 Å². The van der Waals surface area contributed by atoms with Gasteiger partial charge >= 0.3 is 0 Å². The molecule has 32 heavy (non-hydrogen) atoms. The molecule has 1 aromatic heterocycles. The summed E-state index contributed by atoms with van der Waals surface area (Å²) in [6.07, 6.45) is 7.56. The van der Waals surface area contributed by atoms with Crippen LogP contribution in [0.3, 0.4) is 0 Å². The summed E-state index contributed by atoms with van der Waals surface area (Å²) in [4.78, 5) is 0. The third-order valence-electron chi connectivity index (χ3n) is 7.23. The van der Waals surface area contributed by atoms with Crippen molar-refractivity contribution in [2.75, 3.05) is 5.75 Å². The second kappa shape index (κ2) is 9.40. The van der Waals surface area contributed by atoms with Crippen molar-refractivity contribution in [3.8, 4) is 22.5 Å². The maximum atomic E-state index is 13.3. The Balaban J connectivity index is 1.37. The summed E-state index contributed by atoms with van der Waals surface area (Å²) < 4.78 is 19.1. The summed E-state index contributed by atoms with van der Waals surface area (Å²) in [6, 6.07) is 16.3. The standard InChI is InChI=1S/C27H32FN3S/c1-3-4-13-32-30-27-21-7-8-22(27)16-23-15-20(6-5-19(23)14-21)25-17-26(31(2)29-25)18-9-11-24(28)12-10-18/h5-6,9-12,15,17,21-22,27,30H,3-4,7-8,13-14,16H2,1-2H3/t21?,22-,27-/m1/s1. The van der Waals surface area contributed by atoms with Crippen LogP contribution in [0.5, 0.6) is 0 Å². The Morgan fingerprint density at radius 1 is 1.00 bits per heavy atom. The van der Waals surface area contributed by atoms with Crippen LogP contribution in [0.25, 0.3) is 22.5 Å². The Labute approximate surface area is 194 Å². The lowest BCUT2D eigenvalue weighted by molar-refractivity contribution is 0.398. The molecule has 5 rings (SSSR count). The fraction of sp³-hybridized carbons (Fsp3) is 0.444. The van der Waals surface area contributed by atoms with Gasteiger partial charge in [-0.2, -0.15) is 5.10 Å². The lowest BCUT2D eigenvalue weighted by Crippen LogP contribution is -2.34. The van der Waals surface area contributed by atoms with Crippen LogP contribution in [-0.2, 0) is 19.9 Å². The van der Waals surface area contributed by atoms with Gasteiger partial charge in [-0.25, -0.2) is 4.39 Å². The van der Waals surface area contributed by atoms with Crippen molar-refractivity contribution in [1.29, 1.82) is 0 Å². The molecule has 0 spiro atoms. The van der Waals surface area contributed by atoms with E-state index in [0.29, 0.717) is 6.04 Å². The van der Waals surface area contributed by atoms with Crippen LogP contribution in [0.15, 0.2) is 48.5 Å². The lowest BCUT2D eigenvalue weighted by atomic mass is 9.91. The van der Waals surface area contributed by atoms with Crippen LogP contribution in [-0.4, -0.2) is 21.6 Å². The largest absolute Gasteiger partial charge is 0.267 e. The molecule has 3 atom stereocenters. The van der Waals surface area contributed by atoms with Crippen LogP contribution in [0.4, 0.5) is 4.39 Å². The van der Waals surface area contributed by atoms with Gasteiger partial charge in [-0.05, 0) is 97.0 Å². The minimum absolute atomic E-state index is 0.215. The molecule has 0 aliphatic heterocycles. The lowest BCUT2D eigenvalue weighted by Gasteiger charge is -2.23. The molecule has 1 fully saturated rings. The number of aryl methyl sites for hydroxylation is 1. The van der Waals surface area contributed by atoms with E-state index >= 15 is 0 Å². The van der Waals surface area contributed by atoms with Crippen molar-refractivity contribution < 1.29 is 4.39 Å². The van der Waals surface area contributed by atoms with E-state index < -0.39 is 0 Å². The van der Waals surface area contributed by atoms with E-state index in [1.807, 2.05) is 35.8 Å². The van der Waals surface area contributed by atoms with Gasteiger partial charge in [-0.15, -0.1) is 0 Å². The zero-order chi connectivity index (χ0) is 22.1. The quantitative estimate of drug-likeness (QED) is 0.333. The molecule has 3 nitrogen and oxygen atoms in total. The summed E-state index contributed by atoms with van der Waals surface area (Å²) in [5.41, 5.74) is 7.15. The molecule has 0 radical (unpaired) electrons. The highest BCUT2D eigenvalue weighted by molar-refractivity contribution is 7.97. The highest BCUT2D eigenvalue weighted by Gasteiger charge is 2.38. The molecule has 5 heteroatoms. The third-order valence-corrected chi connectivity index (χ3v) is 8.16. The molecule has 1 unspecified atom stereocenters. The summed E-state index contributed by atoms with van der Waals surface area (Å²) >= 11 is 1.94. The molecule has 168 valence electrons. The smallest absolute Gasteiger partial charge is 0.123 e. The van der Waals surface area contributed by atoms with Gasteiger partial charge < -0.3 is 0 Å². The van der Waals surface area contributed by atoms with Gasteiger partial charge in [0.2, 0.25) is 0 Å². The molecule has 1 saturated carbocycles. The van der Waals surface area contributed by atoms with E-state index in [2.05, 4.69) is 35.9 Å². The molecule has 0 saturated heterocycles. The maximum Gasteiger partial charge on any atom is 0.123 e. The number of aromatic nitrogens is 2. The van der Waals surface area contributed by atoms with Crippen molar-refractivity contribution in [3.05, 3.63) is 65.5 Å². The number of nitrogens with one attached hydrogen (secondary N) is 1. The van der Waals surface area contributed by atoms with Crippen molar-refractivity contribution in [3.63, 3.8) is 0 Å². The van der Waals surface area contributed by atoms with Crippen LogP contribution in [0.1, 0.15) is 43.7 Å². The first-order valence-electron chi connectivity index (χ1n) is 11.9. The first kappa shape index (κ1) is 21.7. The van der Waals surface area contributed by atoms with Gasteiger partial charge in [0.1, 0.15) is 5.82 Å². The average molecular weight is 450 g/mol. The average Bonchev–Trinajstić information content (AvgIpc) is 3.30. The SMILES string of the molecule is CCCCSN[C@@H]1C2CC[C@@H]1Cc1cc(-c3cc(-c4ccc(F)cc4)n(C)n3)ccc1C2. The Morgan fingerprint density at radius 2 is 1.72 bits per heavy atom. The topological polar surface area (TPSA) is 29.9 Å². The highest BCUT2D eigenvalue weighted by atomic mass is 32.2. The molecule has 1 N–H and O–H groups in total. The number of benzene rings is 2. The van der Waals surface area contributed by atoms with Gasteiger partial charge in [-0.1, -0.05) is 37.4 Å². The summed E-state index contributed by atoms with van der Waals surface area (Å²) in [7, 11) is 1.96. The molecule has 2 aliphatic rings. The Kier molecular flexibility index (Phi) is 6.38. The number of unbranched alkanes of at least 4 members (excludes halogenated alkanes) is 1. The first-order valence-corrected chi connectivity index (χ1v) is 12.9. The van der Waals surface area contributed by atoms with Gasteiger partial charge in [0, 0.05) is 24.4 Å². The second-order valence-electron chi connectivity index (χ2n) is 9.38. The molecular formula is C27H32FN3S. The van der Waals surface area contributed by atoms with E-state index in [9.17, 15) is 4.39 Å². The Hall–Kier alpha value is -2.11. The monoisotopic (exact) mass is 449 g/mol. The van der Waals surface area contributed by atoms with Gasteiger partial charge in [0.05, 0.1) is 11.4 Å². The molecule has 0 amide bonds. The van der Waals surface area contributed by atoms with Gasteiger partial charge in [0.15, 0.2) is 0 Å². The van der Waals surface area contributed by atoms with Crippen molar-refractivity contribution in [1.82, 2.24) is 14.5 Å². The summed E-state index contributed by atoms with van der Waals surface area (Å²) in [5.74, 6) is 2.47. The Morgan fingerprint density at radius 3 is 2.47 bits per heavy atom. The zero-order valence-corrected chi connectivity index (χ0v) is 19.8. The van der Waals surface area contributed by atoms with Crippen molar-refractivity contribution in [2.45, 2.75) is 51.5 Å². The summed E-state index contributed by atoms with van der Waals surface area (Å²) in [6.45, 7) is 2.26. The fourth-order valence-corrected chi connectivity index (χ4v) is 6.56.